The molecule has 1 unspecified atom stereocenters. The lowest BCUT2D eigenvalue weighted by atomic mass is 9.71. The molecule has 3 saturated heterocycles. The van der Waals surface area contributed by atoms with E-state index in [1.807, 2.05) is 6.92 Å². The molecular weight excluding hydrogens is 556 g/mol. The number of rotatable bonds is 8. The number of thioether (sulfide) groups is 1. The highest BCUT2D eigenvalue weighted by molar-refractivity contribution is 8.03. The fourth-order valence-electron chi connectivity index (χ4n) is 6.03. The number of amides is 3. The van der Waals surface area contributed by atoms with Crippen LogP contribution in [0.3, 0.4) is 0 Å². The third-order valence-electron chi connectivity index (χ3n) is 8.20. The molecule has 18 heteroatoms. The molecule has 4 aliphatic heterocycles. The number of carbonyl (C=O) groups excluding carboxylic acids is 3. The SMILES string of the molecule is C[C@H]1C(S[C@@H]2CNC(C(=O)NC(=N)N3CC[C@@H](N)C3)C2)=C(C(=O)O)N2C(=O)[C@](N)([C@@H](C)NC(=O)Cn3cnnn3)[C@@H]12. The molecule has 1 aromatic rings. The average Bonchev–Trinajstić information content (AvgIpc) is 3.71. The van der Waals surface area contributed by atoms with Gasteiger partial charge in [-0.3, -0.25) is 30.0 Å². The minimum absolute atomic E-state index is 0.0162. The topological polar surface area (TPSA) is 251 Å². The van der Waals surface area contributed by atoms with Gasteiger partial charge in [0.15, 0.2) is 5.96 Å². The molecule has 0 spiro atoms. The number of carboxylic acid groups (broad SMARTS) is 1. The second-order valence-electron chi connectivity index (χ2n) is 10.9. The summed E-state index contributed by atoms with van der Waals surface area (Å²) in [5.74, 6) is -3.02. The molecule has 9 N–H and O–H groups in total. The first kappa shape index (κ1) is 28.9. The molecule has 7 atom stereocenters. The van der Waals surface area contributed by atoms with Gasteiger partial charge >= 0.3 is 5.97 Å². The predicted molar refractivity (Wildman–Crippen MR) is 145 cm³/mol. The highest BCUT2D eigenvalue weighted by atomic mass is 32.2. The minimum Gasteiger partial charge on any atom is -0.477 e. The second-order valence-corrected chi connectivity index (χ2v) is 12.3. The molecule has 3 amide bonds. The van der Waals surface area contributed by atoms with Crippen molar-refractivity contribution in [1.29, 1.82) is 5.41 Å². The van der Waals surface area contributed by atoms with Gasteiger partial charge in [0.1, 0.15) is 24.1 Å². The lowest BCUT2D eigenvalue weighted by Gasteiger charge is -2.55. The van der Waals surface area contributed by atoms with Crippen LogP contribution in [0.4, 0.5) is 0 Å². The number of β-lactam (4-membered cyclic amide) rings is 1. The smallest absolute Gasteiger partial charge is 0.353 e. The summed E-state index contributed by atoms with van der Waals surface area (Å²) in [5.41, 5.74) is 10.9. The normalized spacial score (nSPS) is 31.6. The molecule has 5 heterocycles. The zero-order valence-electron chi connectivity index (χ0n) is 22.6. The van der Waals surface area contributed by atoms with Gasteiger partial charge < -0.3 is 32.1 Å². The molecule has 4 aliphatic rings. The summed E-state index contributed by atoms with van der Waals surface area (Å²) < 4.78 is 1.23. The Morgan fingerprint density at radius 2 is 2.15 bits per heavy atom. The zero-order chi connectivity index (χ0) is 29.6. The maximum atomic E-state index is 13.3. The van der Waals surface area contributed by atoms with Crippen molar-refractivity contribution in [2.24, 2.45) is 17.4 Å². The van der Waals surface area contributed by atoms with Crippen molar-refractivity contribution in [3.05, 3.63) is 16.9 Å². The van der Waals surface area contributed by atoms with Crippen LogP contribution in [0, 0.1) is 11.3 Å². The van der Waals surface area contributed by atoms with Gasteiger partial charge in [-0.2, -0.15) is 0 Å². The zero-order valence-corrected chi connectivity index (χ0v) is 23.4. The van der Waals surface area contributed by atoms with Crippen LogP contribution < -0.4 is 27.4 Å². The van der Waals surface area contributed by atoms with Crippen LogP contribution >= 0.6 is 11.8 Å². The molecule has 0 aromatic carbocycles. The Bertz CT molecular complexity index is 1290. The van der Waals surface area contributed by atoms with Crippen molar-refractivity contribution in [2.45, 2.75) is 68.2 Å². The Kier molecular flexibility index (Phi) is 7.75. The minimum atomic E-state index is -1.52. The van der Waals surface area contributed by atoms with E-state index in [9.17, 15) is 24.3 Å². The molecule has 17 nitrogen and oxygen atoms in total. The summed E-state index contributed by atoms with van der Waals surface area (Å²) in [6.07, 6.45) is 2.45. The van der Waals surface area contributed by atoms with E-state index in [0.717, 1.165) is 6.42 Å². The number of hydrogen-bond donors (Lipinski definition) is 7. The van der Waals surface area contributed by atoms with E-state index in [2.05, 4.69) is 31.5 Å². The second kappa shape index (κ2) is 11.0. The Morgan fingerprint density at radius 1 is 1.39 bits per heavy atom. The maximum Gasteiger partial charge on any atom is 0.353 e. The van der Waals surface area contributed by atoms with Crippen molar-refractivity contribution in [3.63, 3.8) is 0 Å². The Balaban J connectivity index is 1.22. The first-order chi connectivity index (χ1) is 19.4. The molecule has 1 aromatic heterocycles. The third kappa shape index (κ3) is 5.15. The van der Waals surface area contributed by atoms with E-state index in [-0.39, 0.29) is 35.4 Å². The number of nitrogens with two attached hydrogens (primary N) is 2. The van der Waals surface area contributed by atoms with Gasteiger partial charge in [0.05, 0.1) is 18.1 Å². The summed E-state index contributed by atoms with van der Waals surface area (Å²) in [6.45, 7) is 4.82. The number of carboxylic acids is 1. The van der Waals surface area contributed by atoms with Crippen LogP contribution in [0.15, 0.2) is 16.9 Å². The van der Waals surface area contributed by atoms with Crippen LogP contribution in [-0.2, 0) is 25.7 Å². The van der Waals surface area contributed by atoms with Gasteiger partial charge in [-0.1, -0.05) is 6.92 Å². The van der Waals surface area contributed by atoms with Crippen LogP contribution in [-0.4, -0.2) is 119 Å². The monoisotopic (exact) mass is 590 g/mol. The molecule has 41 heavy (non-hydrogen) atoms. The van der Waals surface area contributed by atoms with Crippen molar-refractivity contribution in [3.8, 4) is 0 Å². The predicted octanol–water partition coefficient (Wildman–Crippen LogP) is -3.42. The number of nitrogens with zero attached hydrogens (tertiary/aromatic N) is 6. The molecular formula is C23H34N12O5S. The van der Waals surface area contributed by atoms with Gasteiger partial charge in [0.2, 0.25) is 11.8 Å². The first-order valence-corrected chi connectivity index (χ1v) is 14.2. The summed E-state index contributed by atoms with van der Waals surface area (Å²) in [7, 11) is 0. The van der Waals surface area contributed by atoms with Gasteiger partial charge in [-0.05, 0) is 30.2 Å². The van der Waals surface area contributed by atoms with E-state index in [1.165, 1.54) is 27.7 Å². The fraction of sp³-hybridized carbons (Fsp3) is 0.652. The lowest BCUT2D eigenvalue weighted by molar-refractivity contribution is -0.162. The van der Waals surface area contributed by atoms with Crippen molar-refractivity contribution < 1.29 is 24.3 Å². The maximum absolute atomic E-state index is 13.3. The van der Waals surface area contributed by atoms with Gasteiger partial charge in [0, 0.05) is 41.7 Å². The lowest BCUT2D eigenvalue weighted by Crippen LogP contribution is -2.83. The van der Waals surface area contributed by atoms with Crippen molar-refractivity contribution in [1.82, 2.24) is 46.0 Å². The number of guanidine groups is 1. The molecule has 0 radical (unpaired) electrons. The van der Waals surface area contributed by atoms with Gasteiger partial charge in [-0.15, -0.1) is 16.9 Å². The number of aliphatic carboxylic acids is 1. The van der Waals surface area contributed by atoms with Crippen molar-refractivity contribution >= 4 is 41.4 Å². The number of carbonyl (C=O) groups is 4. The van der Waals surface area contributed by atoms with E-state index >= 15 is 0 Å². The molecule has 0 bridgehead atoms. The Labute approximate surface area is 239 Å². The standard InChI is InChI=1S/C23H34N12O5S/c1-10-17(41-13-5-14(27-6-13)19(37)30-22(25)33-4-3-12(24)7-33)16(20(38)39)35-18(10)23(26,21(35)40)11(2)29-15(36)8-34-9-28-31-32-34/h9-14,18,27H,3-8,24,26H2,1-2H3,(H,29,36)(H,38,39)(H2,25,30,37)/t10-,11+,12+,13-,14?,18+,23-/m0/s1. The number of fused-ring (bicyclic) bond motifs is 1. The van der Waals surface area contributed by atoms with Crippen molar-refractivity contribution in [2.75, 3.05) is 19.6 Å². The van der Waals surface area contributed by atoms with Crippen LogP contribution in [0.1, 0.15) is 26.7 Å². The summed E-state index contributed by atoms with van der Waals surface area (Å²) in [5, 5.41) is 37.2. The molecule has 3 fully saturated rings. The van der Waals surface area contributed by atoms with Gasteiger partial charge in [-0.25, -0.2) is 9.48 Å². The summed E-state index contributed by atoms with van der Waals surface area (Å²) in [4.78, 5) is 54.4. The number of likely N-dealkylation sites (tertiary alicyclic amines) is 1. The Morgan fingerprint density at radius 3 is 2.78 bits per heavy atom. The first-order valence-electron chi connectivity index (χ1n) is 13.3. The largest absolute Gasteiger partial charge is 0.477 e. The van der Waals surface area contributed by atoms with Crippen LogP contribution in [0.25, 0.3) is 0 Å². The molecule has 0 aliphatic carbocycles. The Hall–Kier alpha value is -3.61. The summed E-state index contributed by atoms with van der Waals surface area (Å²) in [6, 6.07) is -2.06. The molecule has 222 valence electrons. The molecule has 5 rings (SSSR count). The van der Waals surface area contributed by atoms with E-state index in [1.54, 1.807) is 11.8 Å². The van der Waals surface area contributed by atoms with Crippen LogP contribution in [0.5, 0.6) is 0 Å². The van der Waals surface area contributed by atoms with Crippen LogP contribution in [0.2, 0.25) is 0 Å². The third-order valence-corrected chi connectivity index (χ3v) is 9.71. The number of hydrogen-bond acceptors (Lipinski definition) is 12. The highest BCUT2D eigenvalue weighted by Crippen LogP contribution is 2.52. The number of aromatic nitrogens is 4. The average molecular weight is 591 g/mol. The van der Waals surface area contributed by atoms with E-state index in [0.29, 0.717) is 31.0 Å². The van der Waals surface area contributed by atoms with E-state index < -0.39 is 47.4 Å². The molecule has 0 saturated carbocycles. The fourth-order valence-corrected chi connectivity index (χ4v) is 7.50. The van der Waals surface area contributed by atoms with E-state index in [4.69, 9.17) is 16.9 Å². The highest BCUT2D eigenvalue weighted by Gasteiger charge is 2.68. The quantitative estimate of drug-likeness (QED) is 0.0886. The number of nitrogens with one attached hydrogen (secondary N) is 4. The number of tetrazole rings is 1. The summed E-state index contributed by atoms with van der Waals surface area (Å²) >= 11 is 1.32. The van der Waals surface area contributed by atoms with Gasteiger partial charge in [0.25, 0.3) is 5.91 Å².